The van der Waals surface area contributed by atoms with Gasteiger partial charge in [0, 0.05) is 24.8 Å². The maximum Gasteiger partial charge on any atom is 0.222 e. The fourth-order valence-electron chi connectivity index (χ4n) is 4.66. The third kappa shape index (κ3) is 2.68. The second kappa shape index (κ2) is 6.32. The van der Waals surface area contributed by atoms with Gasteiger partial charge in [-0.1, -0.05) is 12.8 Å². The fraction of sp³-hybridized carbons (Fsp3) is 0.632. The van der Waals surface area contributed by atoms with Crippen LogP contribution in [0.1, 0.15) is 55.8 Å². The van der Waals surface area contributed by atoms with Crippen molar-refractivity contribution < 1.29 is 4.79 Å². The Labute approximate surface area is 148 Å². The van der Waals surface area contributed by atoms with E-state index in [1.54, 1.807) is 6.33 Å². The van der Waals surface area contributed by atoms with Gasteiger partial charge in [-0.2, -0.15) is 0 Å². The van der Waals surface area contributed by atoms with Crippen molar-refractivity contribution in [2.75, 3.05) is 18.0 Å². The van der Waals surface area contributed by atoms with Gasteiger partial charge in [0.05, 0.1) is 11.3 Å². The van der Waals surface area contributed by atoms with Gasteiger partial charge in [-0.05, 0) is 45.1 Å². The molecule has 0 aromatic carbocycles. The predicted molar refractivity (Wildman–Crippen MR) is 98.6 cm³/mol. The Balaban J connectivity index is 1.80. The van der Waals surface area contributed by atoms with E-state index in [1.165, 1.54) is 36.9 Å². The van der Waals surface area contributed by atoms with Gasteiger partial charge in [-0.25, -0.2) is 9.97 Å². The van der Waals surface area contributed by atoms with Crippen LogP contribution in [0, 0.1) is 19.8 Å². The zero-order chi connectivity index (χ0) is 17.6. The molecule has 0 bridgehead atoms. The predicted octanol–water partition coefficient (Wildman–Crippen LogP) is 2.86. The molecule has 1 atom stereocenters. The van der Waals surface area contributed by atoms with Crippen molar-refractivity contribution in [3.63, 3.8) is 0 Å². The SMILES string of the molecule is Cc1c(C)n(C2CCCC2)c2ncnc(N3CCC[C@H](C(N)=O)C3)c12. The van der Waals surface area contributed by atoms with E-state index in [-0.39, 0.29) is 11.8 Å². The summed E-state index contributed by atoms with van der Waals surface area (Å²) < 4.78 is 2.43. The lowest BCUT2D eigenvalue weighted by Crippen LogP contribution is -2.41. The van der Waals surface area contributed by atoms with Crippen molar-refractivity contribution >= 4 is 22.8 Å². The number of piperidine rings is 1. The van der Waals surface area contributed by atoms with Gasteiger partial charge in [0.25, 0.3) is 0 Å². The summed E-state index contributed by atoms with van der Waals surface area (Å²) in [6.45, 7) is 5.95. The lowest BCUT2D eigenvalue weighted by molar-refractivity contribution is -0.122. The monoisotopic (exact) mass is 341 g/mol. The molecule has 6 heteroatoms. The maximum atomic E-state index is 11.7. The minimum Gasteiger partial charge on any atom is -0.369 e. The molecule has 6 nitrogen and oxygen atoms in total. The summed E-state index contributed by atoms with van der Waals surface area (Å²) in [6, 6.07) is 0.554. The molecule has 0 spiro atoms. The molecule has 2 aromatic rings. The average molecular weight is 341 g/mol. The maximum absolute atomic E-state index is 11.7. The molecule has 0 unspecified atom stereocenters. The molecule has 4 rings (SSSR count). The van der Waals surface area contributed by atoms with Gasteiger partial charge >= 0.3 is 0 Å². The first-order valence-corrected chi connectivity index (χ1v) is 9.44. The van der Waals surface area contributed by atoms with Crippen LogP contribution in [0.15, 0.2) is 6.33 Å². The van der Waals surface area contributed by atoms with Crippen LogP contribution >= 0.6 is 0 Å². The molecule has 1 saturated heterocycles. The number of amides is 1. The van der Waals surface area contributed by atoms with Crippen LogP contribution in [0.3, 0.4) is 0 Å². The normalized spacial score (nSPS) is 22.0. The molecule has 2 aromatic heterocycles. The standard InChI is InChI=1S/C19H27N5O/c1-12-13(2)24(15-7-3-4-8-15)19-16(12)18(21-11-22-19)23-9-5-6-14(10-23)17(20)25/h11,14-15H,3-10H2,1-2H3,(H2,20,25)/t14-/m0/s1. The first-order valence-electron chi connectivity index (χ1n) is 9.44. The molecule has 134 valence electrons. The number of hydrogen-bond donors (Lipinski definition) is 1. The first kappa shape index (κ1) is 16.4. The summed E-state index contributed by atoms with van der Waals surface area (Å²) in [7, 11) is 0. The van der Waals surface area contributed by atoms with Gasteiger partial charge < -0.3 is 15.2 Å². The third-order valence-corrected chi connectivity index (χ3v) is 6.13. The van der Waals surface area contributed by atoms with Crippen LogP contribution < -0.4 is 10.6 Å². The van der Waals surface area contributed by atoms with Crippen LogP contribution in [0.4, 0.5) is 5.82 Å². The number of primary amides is 1. The van der Waals surface area contributed by atoms with Gasteiger partial charge in [0.15, 0.2) is 0 Å². The lowest BCUT2D eigenvalue weighted by atomic mass is 9.97. The largest absolute Gasteiger partial charge is 0.369 e. The average Bonchev–Trinajstić information content (AvgIpc) is 3.22. The number of fused-ring (bicyclic) bond motifs is 1. The first-order chi connectivity index (χ1) is 12.1. The van der Waals surface area contributed by atoms with E-state index in [1.807, 2.05) is 0 Å². The van der Waals surface area contributed by atoms with Crippen molar-refractivity contribution in [3.8, 4) is 0 Å². The Morgan fingerprint density at radius 1 is 1.16 bits per heavy atom. The minimum atomic E-state index is -0.202. The summed E-state index contributed by atoms with van der Waals surface area (Å²) in [5.74, 6) is 0.678. The number of aromatic nitrogens is 3. The zero-order valence-electron chi connectivity index (χ0n) is 15.2. The Morgan fingerprint density at radius 3 is 2.64 bits per heavy atom. The quantitative estimate of drug-likeness (QED) is 0.931. The van der Waals surface area contributed by atoms with Crippen molar-refractivity contribution in [2.24, 2.45) is 11.7 Å². The van der Waals surface area contributed by atoms with E-state index in [9.17, 15) is 4.79 Å². The molecule has 1 aliphatic heterocycles. The number of aryl methyl sites for hydroxylation is 1. The molecule has 2 N–H and O–H groups in total. The third-order valence-electron chi connectivity index (χ3n) is 6.13. The van der Waals surface area contributed by atoms with E-state index < -0.39 is 0 Å². The van der Waals surface area contributed by atoms with Crippen molar-refractivity contribution in [3.05, 3.63) is 17.6 Å². The van der Waals surface area contributed by atoms with Crippen LogP contribution in [0.2, 0.25) is 0 Å². The van der Waals surface area contributed by atoms with Gasteiger partial charge in [0.2, 0.25) is 5.91 Å². The van der Waals surface area contributed by atoms with E-state index in [0.717, 1.165) is 36.2 Å². The van der Waals surface area contributed by atoms with Crippen LogP contribution in [0.25, 0.3) is 11.0 Å². The molecule has 1 amide bonds. The summed E-state index contributed by atoms with van der Waals surface area (Å²) in [5.41, 5.74) is 9.17. The fourth-order valence-corrected chi connectivity index (χ4v) is 4.66. The molecular formula is C19H27N5O. The summed E-state index contributed by atoms with van der Waals surface area (Å²) in [4.78, 5) is 23.1. The molecule has 2 aliphatic rings. The Morgan fingerprint density at radius 2 is 1.92 bits per heavy atom. The minimum absolute atomic E-state index is 0.0860. The highest BCUT2D eigenvalue weighted by molar-refractivity contribution is 5.92. The molecule has 25 heavy (non-hydrogen) atoms. The number of nitrogens with two attached hydrogens (primary N) is 1. The van der Waals surface area contributed by atoms with E-state index in [2.05, 4.69) is 33.3 Å². The lowest BCUT2D eigenvalue weighted by Gasteiger charge is -2.32. The number of anilines is 1. The highest BCUT2D eigenvalue weighted by atomic mass is 16.1. The highest BCUT2D eigenvalue weighted by Crippen LogP contribution is 2.38. The number of carbonyl (C=O) groups is 1. The summed E-state index contributed by atoms with van der Waals surface area (Å²) >= 11 is 0. The molecule has 3 heterocycles. The molecule has 1 saturated carbocycles. The summed E-state index contributed by atoms with van der Waals surface area (Å²) in [6.07, 6.45) is 8.59. The molecule has 2 fully saturated rings. The molecule has 1 aliphatic carbocycles. The van der Waals surface area contributed by atoms with Crippen molar-refractivity contribution in [2.45, 2.75) is 58.4 Å². The Bertz CT molecular complexity index is 806. The number of carbonyl (C=O) groups excluding carboxylic acids is 1. The Hall–Kier alpha value is -2.11. The Kier molecular flexibility index (Phi) is 4.13. The van der Waals surface area contributed by atoms with Crippen molar-refractivity contribution in [1.82, 2.24) is 14.5 Å². The van der Waals surface area contributed by atoms with Crippen molar-refractivity contribution in [1.29, 1.82) is 0 Å². The number of hydrogen-bond acceptors (Lipinski definition) is 4. The number of nitrogens with zero attached hydrogens (tertiary/aromatic N) is 4. The highest BCUT2D eigenvalue weighted by Gasteiger charge is 2.29. The van der Waals surface area contributed by atoms with E-state index in [0.29, 0.717) is 12.6 Å². The molecular weight excluding hydrogens is 314 g/mol. The summed E-state index contributed by atoms with van der Waals surface area (Å²) in [5, 5.41) is 1.15. The van der Waals surface area contributed by atoms with Crippen LogP contribution in [-0.2, 0) is 4.79 Å². The van der Waals surface area contributed by atoms with Gasteiger partial charge in [-0.15, -0.1) is 0 Å². The topological polar surface area (TPSA) is 77.0 Å². The van der Waals surface area contributed by atoms with Gasteiger partial charge in [-0.3, -0.25) is 4.79 Å². The van der Waals surface area contributed by atoms with Crippen LogP contribution in [-0.4, -0.2) is 33.5 Å². The second-order valence-corrected chi connectivity index (χ2v) is 7.60. The van der Waals surface area contributed by atoms with Crippen LogP contribution in [0.5, 0.6) is 0 Å². The zero-order valence-corrected chi connectivity index (χ0v) is 15.2. The molecule has 0 radical (unpaired) electrons. The number of rotatable bonds is 3. The smallest absolute Gasteiger partial charge is 0.222 e. The van der Waals surface area contributed by atoms with E-state index >= 15 is 0 Å². The second-order valence-electron chi connectivity index (χ2n) is 7.60. The van der Waals surface area contributed by atoms with E-state index in [4.69, 9.17) is 5.73 Å². The van der Waals surface area contributed by atoms with Gasteiger partial charge in [0.1, 0.15) is 17.8 Å².